The van der Waals surface area contributed by atoms with Gasteiger partial charge in [-0.15, -0.1) is 0 Å². The molecule has 2 aromatic carbocycles. The number of nitrogens with one attached hydrogen (secondary N) is 2. The van der Waals surface area contributed by atoms with Crippen LogP contribution in [0.3, 0.4) is 0 Å². The summed E-state index contributed by atoms with van der Waals surface area (Å²) in [6, 6.07) is 9.25. The molecule has 3 N–H and O–H groups in total. The third-order valence-electron chi connectivity index (χ3n) is 6.42. The van der Waals surface area contributed by atoms with Gasteiger partial charge < -0.3 is 24.5 Å². The van der Waals surface area contributed by atoms with Gasteiger partial charge >= 0.3 is 17.9 Å². The van der Waals surface area contributed by atoms with Gasteiger partial charge in [0.2, 0.25) is 5.79 Å². The van der Waals surface area contributed by atoms with Crippen LogP contribution in [0.25, 0.3) is 33.7 Å². The molecule has 0 aliphatic carbocycles. The fourth-order valence-electron chi connectivity index (χ4n) is 4.58. The highest BCUT2D eigenvalue weighted by Gasteiger charge is 2.36. The molecule has 0 spiro atoms. The molecular formula is C27H32F3N4O4+. The molecule has 1 atom stereocenters. The lowest BCUT2D eigenvalue weighted by Gasteiger charge is -2.30. The fourth-order valence-corrected chi connectivity index (χ4v) is 4.58. The lowest BCUT2D eigenvalue weighted by atomic mass is 10.1. The van der Waals surface area contributed by atoms with Gasteiger partial charge in [0.1, 0.15) is 11.3 Å². The molecule has 0 aliphatic heterocycles. The second-order valence-electron chi connectivity index (χ2n) is 9.33. The Bertz CT molecular complexity index is 1430. The van der Waals surface area contributed by atoms with Crippen molar-refractivity contribution >= 4 is 16.6 Å². The minimum absolute atomic E-state index is 0.0702. The van der Waals surface area contributed by atoms with Crippen LogP contribution in [0.5, 0.6) is 5.75 Å². The molecule has 4 rings (SSSR count). The van der Waals surface area contributed by atoms with Crippen LogP contribution in [0.1, 0.15) is 45.9 Å². The van der Waals surface area contributed by atoms with E-state index in [1.54, 1.807) is 43.0 Å². The van der Waals surface area contributed by atoms with Gasteiger partial charge in [-0.2, -0.15) is 18.2 Å². The molecule has 2 aromatic heterocycles. The van der Waals surface area contributed by atoms with Gasteiger partial charge in [-0.25, -0.2) is 4.52 Å². The van der Waals surface area contributed by atoms with E-state index >= 15 is 0 Å². The van der Waals surface area contributed by atoms with Crippen molar-refractivity contribution in [2.45, 2.75) is 52.6 Å². The largest absolute Gasteiger partial charge is 0.496 e. The molecule has 2 heterocycles. The molecule has 0 radical (unpaired) electrons. The average molecular weight is 534 g/mol. The molecule has 38 heavy (non-hydrogen) atoms. The van der Waals surface area contributed by atoms with Crippen LogP contribution in [0.2, 0.25) is 0 Å². The number of hydrogen-bond acceptors (Lipinski definition) is 6. The van der Waals surface area contributed by atoms with Gasteiger partial charge in [-0.1, -0.05) is 0 Å². The van der Waals surface area contributed by atoms with Crippen molar-refractivity contribution in [2.24, 2.45) is 0 Å². The van der Waals surface area contributed by atoms with Gasteiger partial charge in [0, 0.05) is 41.9 Å². The van der Waals surface area contributed by atoms with Crippen molar-refractivity contribution in [1.82, 2.24) is 10.1 Å². The van der Waals surface area contributed by atoms with Crippen LogP contribution >= 0.6 is 0 Å². The highest BCUT2D eigenvalue weighted by Crippen LogP contribution is 2.40. The zero-order valence-electron chi connectivity index (χ0n) is 22.2. The Labute approximate surface area is 218 Å². The Balaban J connectivity index is 1.76. The van der Waals surface area contributed by atoms with Crippen molar-refractivity contribution in [3.8, 4) is 28.6 Å². The second kappa shape index (κ2) is 10.3. The SMILES string of the molecule is CCOC(C)(O)c1cc2cc(-c3noc(-c4ccc(N(CC)C(C)C)c(C(F)(F)F)c4)[nH+]3)c(OC)cc2[nH]1. The number of aliphatic hydroxyl groups is 1. The number of rotatable bonds is 9. The summed E-state index contributed by atoms with van der Waals surface area (Å²) in [6.07, 6.45) is -4.56. The molecule has 0 aliphatic rings. The number of benzene rings is 2. The summed E-state index contributed by atoms with van der Waals surface area (Å²) < 4.78 is 58.5. The Morgan fingerprint density at radius 1 is 1.16 bits per heavy atom. The summed E-state index contributed by atoms with van der Waals surface area (Å²) in [6.45, 7) is 9.59. The number of ether oxygens (including phenoxy) is 2. The number of anilines is 1. The van der Waals surface area contributed by atoms with E-state index in [1.807, 2.05) is 20.8 Å². The van der Waals surface area contributed by atoms with Crippen LogP contribution in [-0.2, 0) is 16.7 Å². The summed E-state index contributed by atoms with van der Waals surface area (Å²) in [4.78, 5) is 7.81. The highest BCUT2D eigenvalue weighted by molar-refractivity contribution is 5.88. The maximum Gasteiger partial charge on any atom is 0.418 e. The summed E-state index contributed by atoms with van der Waals surface area (Å²) in [5, 5.41) is 15.4. The van der Waals surface area contributed by atoms with Gasteiger partial charge in [-0.3, -0.25) is 0 Å². The van der Waals surface area contributed by atoms with E-state index in [0.717, 1.165) is 11.5 Å². The van der Waals surface area contributed by atoms with Crippen LogP contribution in [-0.4, -0.2) is 41.6 Å². The topological polar surface area (TPSA) is 97.9 Å². The lowest BCUT2D eigenvalue weighted by molar-refractivity contribution is -0.356. The van der Waals surface area contributed by atoms with Crippen LogP contribution < -0.4 is 14.6 Å². The van der Waals surface area contributed by atoms with E-state index in [4.69, 9.17) is 14.0 Å². The number of fused-ring (bicyclic) bond motifs is 1. The first-order valence-corrected chi connectivity index (χ1v) is 12.3. The Kier molecular flexibility index (Phi) is 7.44. The average Bonchev–Trinajstić information content (AvgIpc) is 3.50. The first kappa shape index (κ1) is 27.5. The summed E-state index contributed by atoms with van der Waals surface area (Å²) in [5.41, 5.74) is 1.24. The molecule has 0 bridgehead atoms. The fraction of sp³-hybridized carbons (Fsp3) is 0.407. The minimum Gasteiger partial charge on any atom is -0.496 e. The maximum absolute atomic E-state index is 14.0. The van der Waals surface area contributed by atoms with Crippen LogP contribution in [0, 0.1) is 0 Å². The molecule has 204 valence electrons. The van der Waals surface area contributed by atoms with E-state index in [0.29, 0.717) is 35.7 Å². The molecule has 0 fully saturated rings. The first-order chi connectivity index (χ1) is 17.9. The Morgan fingerprint density at radius 2 is 1.89 bits per heavy atom. The predicted molar refractivity (Wildman–Crippen MR) is 137 cm³/mol. The zero-order chi connectivity index (χ0) is 27.8. The number of halogens is 3. The highest BCUT2D eigenvalue weighted by atomic mass is 19.4. The minimum atomic E-state index is -4.56. The third-order valence-corrected chi connectivity index (χ3v) is 6.42. The number of aromatic amines is 2. The molecule has 4 aromatic rings. The van der Waals surface area contributed by atoms with Crippen molar-refractivity contribution in [2.75, 3.05) is 25.2 Å². The molecule has 1 unspecified atom stereocenters. The predicted octanol–water partition coefficient (Wildman–Crippen LogP) is 5.77. The molecule has 0 saturated carbocycles. The third kappa shape index (κ3) is 5.21. The summed E-state index contributed by atoms with van der Waals surface area (Å²) in [7, 11) is 1.49. The van der Waals surface area contributed by atoms with Gasteiger partial charge in [0.15, 0.2) is 5.16 Å². The van der Waals surface area contributed by atoms with E-state index in [9.17, 15) is 18.3 Å². The number of H-pyrrole nitrogens is 2. The van der Waals surface area contributed by atoms with Crippen molar-refractivity contribution in [3.63, 3.8) is 0 Å². The summed E-state index contributed by atoms with van der Waals surface area (Å²) >= 11 is 0. The smallest absolute Gasteiger partial charge is 0.418 e. The van der Waals surface area contributed by atoms with Crippen molar-refractivity contribution < 1.29 is 37.3 Å². The lowest BCUT2D eigenvalue weighted by Crippen LogP contribution is -2.32. The van der Waals surface area contributed by atoms with Gasteiger partial charge in [0.05, 0.1) is 23.9 Å². The number of aromatic nitrogens is 3. The number of methoxy groups -OCH3 is 1. The van der Waals surface area contributed by atoms with Gasteiger partial charge in [0.25, 0.3) is 0 Å². The second-order valence-corrected chi connectivity index (χ2v) is 9.33. The van der Waals surface area contributed by atoms with Gasteiger partial charge in [-0.05, 0) is 65.0 Å². The monoisotopic (exact) mass is 533 g/mol. The van der Waals surface area contributed by atoms with Crippen molar-refractivity contribution in [1.29, 1.82) is 0 Å². The number of alkyl halides is 3. The number of hydrogen-bond donors (Lipinski definition) is 2. The maximum atomic E-state index is 14.0. The van der Waals surface area contributed by atoms with E-state index in [-0.39, 0.29) is 29.0 Å². The quantitative estimate of drug-likeness (QED) is 0.265. The molecule has 8 nitrogen and oxygen atoms in total. The standard InChI is InChI=1S/C27H31F3N4O4/c1-7-34(15(3)4)21-10-9-16(12-19(21)27(28,29)30)25-32-24(33-38-25)18-11-17-13-23(26(5,35)37-8-2)31-20(17)14-22(18)36-6/h9-15,31,35H,7-8H2,1-6H3/p+1. The van der Waals surface area contributed by atoms with E-state index in [2.05, 4.69) is 15.1 Å². The number of nitrogens with zero attached hydrogens (tertiary/aromatic N) is 2. The zero-order valence-corrected chi connectivity index (χ0v) is 22.2. The normalized spacial score (nSPS) is 13.8. The van der Waals surface area contributed by atoms with E-state index < -0.39 is 17.5 Å². The molecule has 0 amide bonds. The molecule has 0 saturated heterocycles. The first-order valence-electron chi connectivity index (χ1n) is 12.3. The van der Waals surface area contributed by atoms with Crippen LogP contribution in [0.15, 0.2) is 40.9 Å². The van der Waals surface area contributed by atoms with E-state index in [1.165, 1.54) is 13.2 Å². The van der Waals surface area contributed by atoms with Crippen LogP contribution in [0.4, 0.5) is 18.9 Å². The summed E-state index contributed by atoms with van der Waals surface area (Å²) in [5.74, 6) is -0.728. The molecular weight excluding hydrogens is 501 g/mol. The van der Waals surface area contributed by atoms with Crippen molar-refractivity contribution in [3.05, 3.63) is 47.7 Å². The Hall–Kier alpha value is -3.57. The Morgan fingerprint density at radius 3 is 2.50 bits per heavy atom. The molecule has 11 heteroatoms.